The summed E-state index contributed by atoms with van der Waals surface area (Å²) in [5.41, 5.74) is 0. The van der Waals surface area contributed by atoms with Gasteiger partial charge < -0.3 is 4.74 Å². The van der Waals surface area contributed by atoms with Crippen molar-refractivity contribution in [3.05, 3.63) is 0 Å². The third-order valence-electron chi connectivity index (χ3n) is 2.74. The second-order valence-electron chi connectivity index (χ2n) is 4.54. The first kappa shape index (κ1) is 20.5. The first-order chi connectivity index (χ1) is 8.16. The van der Waals surface area contributed by atoms with E-state index in [1.807, 2.05) is 0 Å². The van der Waals surface area contributed by atoms with Gasteiger partial charge in [-0.1, -0.05) is 58.3 Å². The van der Waals surface area contributed by atoms with Crippen molar-refractivity contribution in [2.75, 3.05) is 0 Å². The number of rotatable bonds is 10. The van der Waals surface area contributed by atoms with Gasteiger partial charge >= 0.3 is 11.9 Å². The Kier molecular flexibility index (Phi) is 17.3. The van der Waals surface area contributed by atoms with Crippen LogP contribution in [0.3, 0.4) is 0 Å². The molecule has 0 rings (SSSR count). The van der Waals surface area contributed by atoms with Crippen molar-refractivity contribution in [2.24, 2.45) is 0 Å². The normalized spacial score (nSPS) is 9.67. The van der Waals surface area contributed by atoms with Crippen LogP contribution in [0, 0.1) is 0 Å². The molecule has 4 heteroatoms. The van der Waals surface area contributed by atoms with Crippen LogP contribution in [0.1, 0.15) is 78.1 Å². The molecule has 0 bridgehead atoms. The smallest absolute Gasteiger partial charge is 0.313 e. The Morgan fingerprint density at radius 3 is 1.72 bits per heavy atom. The fourth-order valence-electron chi connectivity index (χ4n) is 1.79. The van der Waals surface area contributed by atoms with Crippen LogP contribution in [0.15, 0.2) is 0 Å². The zero-order valence-corrected chi connectivity index (χ0v) is 14.3. The summed E-state index contributed by atoms with van der Waals surface area (Å²) in [5, 5.41) is 0. The molecule has 0 heterocycles. The van der Waals surface area contributed by atoms with Crippen molar-refractivity contribution < 1.29 is 14.3 Å². The van der Waals surface area contributed by atoms with Crippen molar-refractivity contribution in [1.29, 1.82) is 0 Å². The van der Waals surface area contributed by atoms with Crippen LogP contribution in [0.2, 0.25) is 0 Å². The average molecular weight is 265 g/mol. The molecule has 0 spiro atoms. The van der Waals surface area contributed by atoms with Gasteiger partial charge in [0.25, 0.3) is 0 Å². The molecule has 0 saturated heterocycles. The monoisotopic (exact) mass is 265 g/mol. The van der Waals surface area contributed by atoms with Crippen LogP contribution in [-0.4, -0.2) is 41.5 Å². The molecule has 1 radical (unpaired) electrons. The molecule has 0 aliphatic rings. The molecule has 0 N–H and O–H groups in total. The van der Waals surface area contributed by atoms with Crippen LogP contribution < -0.4 is 0 Å². The van der Waals surface area contributed by atoms with Gasteiger partial charge in [0.05, 0.1) is 0 Å². The second kappa shape index (κ2) is 15.2. The van der Waals surface area contributed by atoms with Gasteiger partial charge in [0.2, 0.25) is 0 Å². The minimum atomic E-state index is -0.508. The number of ether oxygens (including phenoxy) is 1. The van der Waals surface area contributed by atoms with Crippen LogP contribution in [-0.2, 0) is 14.3 Å². The number of hydrogen-bond acceptors (Lipinski definition) is 3. The van der Waals surface area contributed by atoms with E-state index in [0.717, 1.165) is 12.8 Å². The molecule has 0 saturated carbocycles. The zero-order chi connectivity index (χ0) is 12.9. The van der Waals surface area contributed by atoms with Crippen molar-refractivity contribution in [3.63, 3.8) is 0 Å². The van der Waals surface area contributed by atoms with E-state index in [9.17, 15) is 9.59 Å². The number of carbonyl (C=O) groups excluding carboxylic acids is 2. The van der Waals surface area contributed by atoms with Crippen molar-refractivity contribution in [2.45, 2.75) is 78.1 Å². The van der Waals surface area contributed by atoms with Gasteiger partial charge in [-0.05, 0) is 6.42 Å². The Balaban J connectivity index is 0. The Morgan fingerprint density at radius 2 is 1.28 bits per heavy atom. The number of unbranched alkanes of at least 4 members (excludes halogenated alkanes) is 8. The SMILES string of the molecule is CCCCCCCCCCCC(=O)OC(C)=O.[Na]. The van der Waals surface area contributed by atoms with E-state index in [1.54, 1.807) is 0 Å². The van der Waals surface area contributed by atoms with E-state index >= 15 is 0 Å². The van der Waals surface area contributed by atoms with Crippen LogP contribution in [0.5, 0.6) is 0 Å². The molecule has 0 amide bonds. The molecule has 0 aromatic carbocycles. The van der Waals surface area contributed by atoms with Crippen LogP contribution >= 0.6 is 0 Å². The predicted octanol–water partition coefficient (Wildman–Crippen LogP) is 3.62. The molecule has 0 aromatic rings. The number of esters is 2. The molecule has 101 valence electrons. The molecular formula is C14H26NaO3. The Bertz CT molecular complexity index is 217. The second-order valence-corrected chi connectivity index (χ2v) is 4.54. The maximum absolute atomic E-state index is 11.0. The third-order valence-corrected chi connectivity index (χ3v) is 2.74. The van der Waals surface area contributed by atoms with E-state index in [4.69, 9.17) is 0 Å². The molecular weight excluding hydrogens is 239 g/mol. The Hall–Kier alpha value is 0.140. The minimum Gasteiger partial charge on any atom is -0.393 e. The topological polar surface area (TPSA) is 43.4 Å². The summed E-state index contributed by atoms with van der Waals surface area (Å²) in [5.74, 6) is -0.897. The average Bonchev–Trinajstić information content (AvgIpc) is 2.26. The van der Waals surface area contributed by atoms with Crippen molar-refractivity contribution in [3.8, 4) is 0 Å². The summed E-state index contributed by atoms with van der Waals surface area (Å²) in [6.45, 7) is 3.48. The first-order valence-corrected chi connectivity index (χ1v) is 6.88. The largest absolute Gasteiger partial charge is 0.393 e. The van der Waals surface area contributed by atoms with E-state index in [0.29, 0.717) is 6.42 Å². The summed E-state index contributed by atoms with van der Waals surface area (Å²) in [7, 11) is 0. The van der Waals surface area contributed by atoms with Crippen LogP contribution in [0.4, 0.5) is 0 Å². The van der Waals surface area contributed by atoms with Crippen LogP contribution in [0.25, 0.3) is 0 Å². The van der Waals surface area contributed by atoms with Crippen molar-refractivity contribution in [1.82, 2.24) is 0 Å². The van der Waals surface area contributed by atoms with Gasteiger partial charge in [-0.2, -0.15) is 0 Å². The molecule has 0 unspecified atom stereocenters. The van der Waals surface area contributed by atoms with Gasteiger partial charge in [-0.25, -0.2) is 0 Å². The maximum atomic E-state index is 11.0. The summed E-state index contributed by atoms with van der Waals surface area (Å²) in [6, 6.07) is 0. The van der Waals surface area contributed by atoms with E-state index < -0.39 is 5.97 Å². The van der Waals surface area contributed by atoms with Gasteiger partial charge in [-0.3, -0.25) is 9.59 Å². The summed E-state index contributed by atoms with van der Waals surface area (Å²) >= 11 is 0. The third kappa shape index (κ3) is 16.1. The number of hydrogen-bond donors (Lipinski definition) is 0. The fraction of sp³-hybridized carbons (Fsp3) is 0.857. The van der Waals surface area contributed by atoms with Gasteiger partial charge in [0.1, 0.15) is 0 Å². The molecule has 0 aromatic heterocycles. The minimum absolute atomic E-state index is 0. The molecule has 0 aliphatic heterocycles. The van der Waals surface area contributed by atoms with Gasteiger partial charge in [0.15, 0.2) is 0 Å². The zero-order valence-electron chi connectivity index (χ0n) is 12.3. The predicted molar refractivity (Wildman–Crippen MR) is 74.4 cm³/mol. The summed E-state index contributed by atoms with van der Waals surface area (Å²) < 4.78 is 4.44. The standard InChI is InChI=1S/C14H26O3.Na/c1-3-4-5-6-7-8-9-10-11-12-14(16)17-13(2)15;/h3-12H2,1-2H3;. The Morgan fingerprint density at radius 1 is 0.833 bits per heavy atom. The molecule has 0 atom stereocenters. The molecule has 3 nitrogen and oxygen atoms in total. The summed E-state index contributed by atoms with van der Waals surface area (Å²) in [4.78, 5) is 21.5. The maximum Gasteiger partial charge on any atom is 0.313 e. The first-order valence-electron chi connectivity index (χ1n) is 6.88. The molecule has 18 heavy (non-hydrogen) atoms. The molecule has 0 aliphatic carbocycles. The Labute approximate surface area is 133 Å². The molecule has 0 fully saturated rings. The van der Waals surface area contributed by atoms with Crippen molar-refractivity contribution >= 4 is 41.5 Å². The summed E-state index contributed by atoms with van der Waals surface area (Å²) in [6.07, 6.45) is 11.3. The van der Waals surface area contributed by atoms with Gasteiger partial charge in [-0.15, -0.1) is 0 Å². The number of carbonyl (C=O) groups is 2. The fourth-order valence-corrected chi connectivity index (χ4v) is 1.79. The van der Waals surface area contributed by atoms with Gasteiger partial charge in [0, 0.05) is 42.9 Å². The quantitative estimate of drug-likeness (QED) is 0.262. The van der Waals surface area contributed by atoms with E-state index in [1.165, 1.54) is 51.9 Å². The van der Waals surface area contributed by atoms with E-state index in [2.05, 4.69) is 11.7 Å². The van der Waals surface area contributed by atoms with E-state index in [-0.39, 0.29) is 35.5 Å².